The van der Waals surface area contributed by atoms with Crippen molar-refractivity contribution in [3.63, 3.8) is 0 Å². The quantitative estimate of drug-likeness (QED) is 0.771. The Morgan fingerprint density at radius 1 is 1.08 bits per heavy atom. The highest BCUT2D eigenvalue weighted by molar-refractivity contribution is 7.89. The second kappa shape index (κ2) is 8.62. The number of sulfonamides is 1. The SMILES string of the molecule is CS(=O)(=O)NC(=O)CCCn1ccc(CCc2ccccc2)cc1=O. The van der Waals surface area contributed by atoms with Crippen LogP contribution in [0.1, 0.15) is 24.0 Å². The summed E-state index contributed by atoms with van der Waals surface area (Å²) in [5, 5.41) is 0. The fourth-order valence-electron chi connectivity index (χ4n) is 2.49. The number of hydrogen-bond donors (Lipinski definition) is 1. The van der Waals surface area contributed by atoms with E-state index in [1.54, 1.807) is 12.3 Å². The number of carbonyl (C=O) groups is 1. The van der Waals surface area contributed by atoms with E-state index in [1.165, 1.54) is 10.1 Å². The van der Waals surface area contributed by atoms with Crippen LogP contribution in [0.5, 0.6) is 0 Å². The summed E-state index contributed by atoms with van der Waals surface area (Å²) in [4.78, 5) is 23.6. The first-order valence-corrected chi connectivity index (χ1v) is 9.96. The van der Waals surface area contributed by atoms with Gasteiger partial charge in [0.1, 0.15) is 0 Å². The minimum Gasteiger partial charge on any atom is -0.316 e. The molecule has 0 aliphatic carbocycles. The molecule has 1 amide bonds. The molecule has 1 aromatic carbocycles. The van der Waals surface area contributed by atoms with Crippen molar-refractivity contribution < 1.29 is 13.2 Å². The number of pyridine rings is 1. The zero-order valence-corrected chi connectivity index (χ0v) is 15.0. The van der Waals surface area contributed by atoms with Gasteiger partial charge >= 0.3 is 0 Å². The number of hydrogen-bond acceptors (Lipinski definition) is 4. The Hall–Kier alpha value is -2.41. The largest absolute Gasteiger partial charge is 0.316 e. The fourth-order valence-corrected chi connectivity index (χ4v) is 3.01. The molecule has 6 nitrogen and oxygen atoms in total. The van der Waals surface area contributed by atoms with Crippen LogP contribution in [0.3, 0.4) is 0 Å². The van der Waals surface area contributed by atoms with E-state index in [0.29, 0.717) is 13.0 Å². The van der Waals surface area contributed by atoms with Gasteiger partial charge in [0, 0.05) is 25.2 Å². The van der Waals surface area contributed by atoms with Gasteiger partial charge in [0.2, 0.25) is 15.9 Å². The van der Waals surface area contributed by atoms with Gasteiger partial charge in [-0.2, -0.15) is 0 Å². The Bertz CT molecular complexity index is 873. The topological polar surface area (TPSA) is 85.2 Å². The predicted octanol–water partition coefficient (Wildman–Crippen LogP) is 1.49. The van der Waals surface area contributed by atoms with Gasteiger partial charge in [-0.15, -0.1) is 0 Å². The van der Waals surface area contributed by atoms with Crippen LogP contribution in [0.4, 0.5) is 0 Å². The maximum absolute atomic E-state index is 12.1. The highest BCUT2D eigenvalue weighted by Gasteiger charge is 2.08. The van der Waals surface area contributed by atoms with Gasteiger partial charge in [-0.25, -0.2) is 8.42 Å². The van der Waals surface area contributed by atoms with Gasteiger partial charge in [-0.1, -0.05) is 30.3 Å². The molecule has 2 rings (SSSR count). The van der Waals surface area contributed by atoms with Crippen LogP contribution in [0.15, 0.2) is 53.5 Å². The normalized spacial score (nSPS) is 11.2. The van der Waals surface area contributed by atoms with E-state index in [4.69, 9.17) is 0 Å². The average Bonchev–Trinajstić information content (AvgIpc) is 2.54. The molecule has 1 heterocycles. The van der Waals surface area contributed by atoms with E-state index >= 15 is 0 Å². The maximum atomic E-state index is 12.1. The van der Waals surface area contributed by atoms with Gasteiger partial charge < -0.3 is 4.57 Å². The number of amides is 1. The van der Waals surface area contributed by atoms with Crippen LogP contribution < -0.4 is 10.3 Å². The lowest BCUT2D eigenvalue weighted by molar-refractivity contribution is -0.119. The Morgan fingerprint density at radius 3 is 2.40 bits per heavy atom. The van der Waals surface area contributed by atoms with Crippen LogP contribution in [-0.2, 0) is 34.2 Å². The smallest absolute Gasteiger partial charge is 0.250 e. The summed E-state index contributed by atoms with van der Waals surface area (Å²) in [6.07, 6.45) is 4.76. The highest BCUT2D eigenvalue weighted by Crippen LogP contribution is 2.06. The van der Waals surface area contributed by atoms with Gasteiger partial charge in [-0.05, 0) is 36.5 Å². The summed E-state index contributed by atoms with van der Waals surface area (Å²) in [7, 11) is -3.53. The lowest BCUT2D eigenvalue weighted by Gasteiger charge is -2.07. The zero-order valence-electron chi connectivity index (χ0n) is 14.1. The third-order valence-corrected chi connectivity index (χ3v) is 4.31. The number of aromatic nitrogens is 1. The van der Waals surface area contributed by atoms with E-state index < -0.39 is 15.9 Å². The molecule has 0 saturated heterocycles. The molecule has 0 saturated carbocycles. The average molecular weight is 362 g/mol. The van der Waals surface area contributed by atoms with Crippen molar-refractivity contribution in [3.05, 3.63) is 70.1 Å². The second-order valence-electron chi connectivity index (χ2n) is 5.95. The molecule has 0 radical (unpaired) electrons. The van der Waals surface area contributed by atoms with Crippen molar-refractivity contribution in [1.82, 2.24) is 9.29 Å². The molecule has 0 bridgehead atoms. The molecule has 1 N–H and O–H groups in total. The number of aryl methyl sites for hydroxylation is 3. The lowest BCUT2D eigenvalue weighted by Crippen LogP contribution is -2.29. The van der Waals surface area contributed by atoms with Gasteiger partial charge in [0.25, 0.3) is 5.56 Å². The molecule has 25 heavy (non-hydrogen) atoms. The third kappa shape index (κ3) is 6.93. The Balaban J connectivity index is 1.85. The summed E-state index contributed by atoms with van der Waals surface area (Å²) in [6.45, 7) is 0.370. The Kier molecular flexibility index (Phi) is 6.52. The van der Waals surface area contributed by atoms with Crippen molar-refractivity contribution >= 4 is 15.9 Å². The highest BCUT2D eigenvalue weighted by atomic mass is 32.2. The number of carbonyl (C=O) groups excluding carboxylic acids is 1. The van der Waals surface area contributed by atoms with Gasteiger partial charge in [0.05, 0.1) is 6.26 Å². The Labute approximate surface area is 147 Å². The number of nitrogens with zero attached hydrogens (tertiary/aromatic N) is 1. The molecule has 0 aliphatic rings. The first kappa shape index (κ1) is 18.9. The van der Waals surface area contributed by atoms with Crippen LogP contribution in [0.2, 0.25) is 0 Å². The molecule has 1 aromatic heterocycles. The second-order valence-corrected chi connectivity index (χ2v) is 7.70. The molecular formula is C18H22N2O4S. The molecule has 0 spiro atoms. The molecule has 0 unspecified atom stereocenters. The van der Waals surface area contributed by atoms with Crippen molar-refractivity contribution in [1.29, 1.82) is 0 Å². The number of nitrogens with one attached hydrogen (secondary N) is 1. The predicted molar refractivity (Wildman–Crippen MR) is 96.8 cm³/mol. The van der Waals surface area contributed by atoms with Crippen LogP contribution in [0, 0.1) is 0 Å². The van der Waals surface area contributed by atoms with Crippen molar-refractivity contribution in [3.8, 4) is 0 Å². The van der Waals surface area contributed by atoms with E-state index in [-0.39, 0.29) is 12.0 Å². The minimum atomic E-state index is -3.53. The third-order valence-electron chi connectivity index (χ3n) is 3.71. The number of rotatable bonds is 8. The molecule has 134 valence electrons. The summed E-state index contributed by atoms with van der Waals surface area (Å²) >= 11 is 0. The monoisotopic (exact) mass is 362 g/mol. The van der Waals surface area contributed by atoms with E-state index in [1.807, 2.05) is 29.0 Å². The summed E-state index contributed by atoms with van der Waals surface area (Å²) < 4.78 is 25.3. The Morgan fingerprint density at radius 2 is 1.76 bits per heavy atom. The molecule has 0 aliphatic heterocycles. The molecule has 0 fully saturated rings. The van der Waals surface area contributed by atoms with Crippen LogP contribution >= 0.6 is 0 Å². The fraction of sp³-hybridized carbons (Fsp3) is 0.333. The van der Waals surface area contributed by atoms with Gasteiger partial charge in [0.15, 0.2) is 0 Å². The van der Waals surface area contributed by atoms with E-state index in [9.17, 15) is 18.0 Å². The van der Waals surface area contributed by atoms with E-state index in [0.717, 1.165) is 24.7 Å². The van der Waals surface area contributed by atoms with Crippen molar-refractivity contribution in [2.45, 2.75) is 32.2 Å². The minimum absolute atomic E-state index is 0.0509. The van der Waals surface area contributed by atoms with Gasteiger partial charge in [-0.3, -0.25) is 14.3 Å². The molecular weight excluding hydrogens is 340 g/mol. The number of benzene rings is 1. The lowest BCUT2D eigenvalue weighted by atomic mass is 10.1. The van der Waals surface area contributed by atoms with Crippen LogP contribution in [0.25, 0.3) is 0 Å². The van der Waals surface area contributed by atoms with Crippen molar-refractivity contribution in [2.24, 2.45) is 0 Å². The molecule has 7 heteroatoms. The van der Waals surface area contributed by atoms with E-state index in [2.05, 4.69) is 12.1 Å². The first-order valence-electron chi connectivity index (χ1n) is 8.07. The standard InChI is InChI=1S/C18H22N2O4S/c1-25(23,24)19-17(21)8-5-12-20-13-11-16(14-18(20)22)10-9-15-6-3-2-4-7-15/h2-4,6-7,11,13-14H,5,8-10,12H2,1H3,(H,19,21). The van der Waals surface area contributed by atoms with Crippen LogP contribution in [-0.4, -0.2) is 25.1 Å². The summed E-state index contributed by atoms with van der Waals surface area (Å²) in [5.41, 5.74) is 2.08. The zero-order chi connectivity index (χ0) is 18.3. The van der Waals surface area contributed by atoms with Crippen molar-refractivity contribution in [2.75, 3.05) is 6.26 Å². The maximum Gasteiger partial charge on any atom is 0.250 e. The first-order chi connectivity index (χ1) is 11.8. The summed E-state index contributed by atoms with van der Waals surface area (Å²) in [5.74, 6) is -0.560. The molecule has 2 aromatic rings. The summed E-state index contributed by atoms with van der Waals surface area (Å²) in [6, 6.07) is 13.6. The molecule has 0 atom stereocenters.